The predicted molar refractivity (Wildman–Crippen MR) is 75.8 cm³/mol. The summed E-state index contributed by atoms with van der Waals surface area (Å²) < 4.78 is 5.51. The summed E-state index contributed by atoms with van der Waals surface area (Å²) in [5, 5.41) is 3.69. The van der Waals surface area contributed by atoms with Crippen molar-refractivity contribution in [2.24, 2.45) is 11.8 Å². The summed E-state index contributed by atoms with van der Waals surface area (Å²) in [7, 11) is 2.28. The van der Waals surface area contributed by atoms with Crippen LogP contribution in [0.4, 0.5) is 0 Å². The minimum Gasteiger partial charge on any atom is -0.380 e. The van der Waals surface area contributed by atoms with Crippen LogP contribution in [0.5, 0.6) is 0 Å². The summed E-state index contributed by atoms with van der Waals surface area (Å²) >= 11 is 0. The lowest BCUT2D eigenvalue weighted by atomic mass is 9.78. The van der Waals surface area contributed by atoms with E-state index in [9.17, 15) is 0 Å². The number of hydrogen-bond acceptors (Lipinski definition) is 3. The molecular formula is C15H30N2O. The van der Waals surface area contributed by atoms with Crippen molar-refractivity contribution < 1.29 is 4.74 Å². The molecule has 1 aliphatic heterocycles. The van der Waals surface area contributed by atoms with Crippen molar-refractivity contribution in [1.82, 2.24) is 10.2 Å². The molecule has 3 nitrogen and oxygen atoms in total. The average molecular weight is 254 g/mol. The van der Waals surface area contributed by atoms with Gasteiger partial charge in [0.25, 0.3) is 0 Å². The fraction of sp³-hybridized carbons (Fsp3) is 1.00. The Kier molecular flexibility index (Phi) is 5.46. The predicted octanol–water partition coefficient (Wildman–Crippen LogP) is 2.12. The summed E-state index contributed by atoms with van der Waals surface area (Å²) in [5.74, 6) is 1.72. The Bertz CT molecular complexity index is 241. The molecule has 0 spiro atoms. The van der Waals surface area contributed by atoms with Crippen molar-refractivity contribution >= 4 is 0 Å². The summed E-state index contributed by atoms with van der Waals surface area (Å²) in [6.07, 6.45) is 5.35. The van der Waals surface area contributed by atoms with Crippen molar-refractivity contribution in [1.29, 1.82) is 0 Å². The first-order chi connectivity index (χ1) is 8.70. The molecular weight excluding hydrogens is 224 g/mol. The van der Waals surface area contributed by atoms with Crippen molar-refractivity contribution in [3.63, 3.8) is 0 Å². The van der Waals surface area contributed by atoms with Crippen LogP contribution in [-0.2, 0) is 4.74 Å². The SMILES string of the molecule is CCNC1CCC(C)CC1CN(C)C1CCOC1. The van der Waals surface area contributed by atoms with E-state index in [2.05, 4.69) is 31.1 Å². The first-order valence-electron chi connectivity index (χ1n) is 7.72. The van der Waals surface area contributed by atoms with Crippen LogP contribution in [0.3, 0.4) is 0 Å². The number of rotatable bonds is 5. The smallest absolute Gasteiger partial charge is 0.0622 e. The molecule has 2 fully saturated rings. The normalized spacial score (nSPS) is 37.3. The van der Waals surface area contributed by atoms with Crippen LogP contribution in [0, 0.1) is 11.8 Å². The molecule has 18 heavy (non-hydrogen) atoms. The maximum atomic E-state index is 5.51. The second-order valence-corrected chi connectivity index (χ2v) is 6.30. The fourth-order valence-electron chi connectivity index (χ4n) is 3.62. The first-order valence-corrected chi connectivity index (χ1v) is 7.72. The minimum atomic E-state index is 0.657. The van der Waals surface area contributed by atoms with Crippen LogP contribution in [0.1, 0.15) is 39.5 Å². The Morgan fingerprint density at radius 2 is 2.11 bits per heavy atom. The second kappa shape index (κ2) is 6.88. The third-order valence-corrected chi connectivity index (χ3v) is 4.76. The third kappa shape index (κ3) is 3.69. The highest BCUT2D eigenvalue weighted by molar-refractivity contribution is 4.86. The second-order valence-electron chi connectivity index (χ2n) is 6.30. The zero-order valence-electron chi connectivity index (χ0n) is 12.3. The Balaban J connectivity index is 1.86. The van der Waals surface area contributed by atoms with E-state index in [0.717, 1.165) is 37.6 Å². The van der Waals surface area contributed by atoms with Gasteiger partial charge >= 0.3 is 0 Å². The largest absolute Gasteiger partial charge is 0.380 e. The number of likely N-dealkylation sites (N-methyl/N-ethyl adjacent to an activating group) is 1. The quantitative estimate of drug-likeness (QED) is 0.813. The maximum Gasteiger partial charge on any atom is 0.0622 e. The molecule has 1 heterocycles. The van der Waals surface area contributed by atoms with E-state index < -0.39 is 0 Å². The molecule has 3 heteroatoms. The van der Waals surface area contributed by atoms with Gasteiger partial charge in [0.1, 0.15) is 0 Å². The summed E-state index contributed by atoms with van der Waals surface area (Å²) in [5.41, 5.74) is 0. The van der Waals surface area contributed by atoms with Crippen LogP contribution in [0.25, 0.3) is 0 Å². The van der Waals surface area contributed by atoms with Gasteiger partial charge in [0.05, 0.1) is 6.61 Å². The number of ether oxygens (including phenoxy) is 1. The molecule has 0 radical (unpaired) electrons. The van der Waals surface area contributed by atoms with Crippen LogP contribution in [0.2, 0.25) is 0 Å². The van der Waals surface area contributed by atoms with Gasteiger partial charge < -0.3 is 15.0 Å². The van der Waals surface area contributed by atoms with Crippen molar-refractivity contribution in [2.75, 3.05) is 33.4 Å². The molecule has 0 aromatic carbocycles. The monoisotopic (exact) mass is 254 g/mol. The van der Waals surface area contributed by atoms with E-state index in [1.807, 2.05) is 0 Å². The molecule has 106 valence electrons. The lowest BCUT2D eigenvalue weighted by molar-refractivity contribution is 0.118. The highest BCUT2D eigenvalue weighted by Crippen LogP contribution is 2.30. The standard InChI is InChI=1S/C15H30N2O/c1-4-16-15-6-5-12(2)9-13(15)10-17(3)14-7-8-18-11-14/h12-16H,4-11H2,1-3H3. The number of nitrogens with one attached hydrogen (secondary N) is 1. The van der Waals surface area contributed by atoms with E-state index in [4.69, 9.17) is 4.74 Å². The van der Waals surface area contributed by atoms with Crippen molar-refractivity contribution in [3.05, 3.63) is 0 Å². The number of hydrogen-bond donors (Lipinski definition) is 1. The Hall–Kier alpha value is -0.120. The maximum absolute atomic E-state index is 5.51. The van der Waals surface area contributed by atoms with Crippen LogP contribution in [0.15, 0.2) is 0 Å². The van der Waals surface area contributed by atoms with Crippen LogP contribution in [-0.4, -0.2) is 50.3 Å². The van der Waals surface area contributed by atoms with Gasteiger partial charge in [-0.25, -0.2) is 0 Å². The molecule has 4 unspecified atom stereocenters. The average Bonchev–Trinajstić information content (AvgIpc) is 2.86. The van der Waals surface area contributed by atoms with Gasteiger partial charge in [-0.15, -0.1) is 0 Å². The molecule has 1 aliphatic carbocycles. The molecule has 4 atom stereocenters. The Morgan fingerprint density at radius 1 is 1.28 bits per heavy atom. The third-order valence-electron chi connectivity index (χ3n) is 4.76. The van der Waals surface area contributed by atoms with E-state index in [0.29, 0.717) is 6.04 Å². The van der Waals surface area contributed by atoms with Gasteiger partial charge in [0.15, 0.2) is 0 Å². The fourth-order valence-corrected chi connectivity index (χ4v) is 3.62. The molecule has 0 aromatic rings. The van der Waals surface area contributed by atoms with Crippen LogP contribution < -0.4 is 5.32 Å². The highest BCUT2D eigenvalue weighted by Gasteiger charge is 2.31. The lowest BCUT2D eigenvalue weighted by Gasteiger charge is -2.38. The number of nitrogens with zero attached hydrogens (tertiary/aromatic N) is 1. The van der Waals surface area contributed by atoms with Crippen molar-refractivity contribution in [2.45, 2.75) is 51.6 Å². The van der Waals surface area contributed by atoms with Gasteiger partial charge in [0.2, 0.25) is 0 Å². The molecule has 1 N–H and O–H groups in total. The van der Waals surface area contributed by atoms with E-state index in [1.165, 1.54) is 32.2 Å². The van der Waals surface area contributed by atoms with E-state index in [-0.39, 0.29) is 0 Å². The van der Waals surface area contributed by atoms with Crippen molar-refractivity contribution in [3.8, 4) is 0 Å². The summed E-state index contributed by atoms with van der Waals surface area (Å²) in [6.45, 7) is 8.86. The first kappa shape index (κ1) is 14.3. The topological polar surface area (TPSA) is 24.5 Å². The molecule has 2 rings (SSSR count). The van der Waals surface area contributed by atoms with Crippen LogP contribution >= 0.6 is 0 Å². The Labute approximate surface area is 112 Å². The molecule has 1 saturated heterocycles. The van der Waals surface area contributed by atoms with Gasteiger partial charge in [-0.1, -0.05) is 13.8 Å². The highest BCUT2D eigenvalue weighted by atomic mass is 16.5. The minimum absolute atomic E-state index is 0.657. The zero-order chi connectivity index (χ0) is 13.0. The van der Waals surface area contributed by atoms with Gasteiger partial charge in [-0.2, -0.15) is 0 Å². The zero-order valence-corrected chi connectivity index (χ0v) is 12.3. The van der Waals surface area contributed by atoms with Gasteiger partial charge in [-0.05, 0) is 51.1 Å². The summed E-state index contributed by atoms with van der Waals surface area (Å²) in [6, 6.07) is 1.39. The Morgan fingerprint density at radius 3 is 2.78 bits per heavy atom. The summed E-state index contributed by atoms with van der Waals surface area (Å²) in [4.78, 5) is 2.54. The lowest BCUT2D eigenvalue weighted by Crippen LogP contribution is -2.47. The molecule has 0 aromatic heterocycles. The molecule has 1 saturated carbocycles. The van der Waals surface area contributed by atoms with E-state index >= 15 is 0 Å². The molecule has 2 aliphatic rings. The molecule has 0 amide bonds. The van der Waals surface area contributed by atoms with Gasteiger partial charge in [-0.3, -0.25) is 0 Å². The van der Waals surface area contributed by atoms with Gasteiger partial charge in [0, 0.05) is 25.2 Å². The van der Waals surface area contributed by atoms with E-state index in [1.54, 1.807) is 0 Å². The molecule has 0 bridgehead atoms.